The molecule has 0 spiro atoms. The van der Waals surface area contributed by atoms with Gasteiger partial charge in [0.05, 0.1) is 15.1 Å². The van der Waals surface area contributed by atoms with Gasteiger partial charge in [0, 0.05) is 25.2 Å². The van der Waals surface area contributed by atoms with E-state index in [1.165, 1.54) is 23.5 Å². The zero-order valence-electron chi connectivity index (χ0n) is 18.0. The third-order valence-electron chi connectivity index (χ3n) is 5.68. The van der Waals surface area contributed by atoms with Crippen LogP contribution in [0.15, 0.2) is 58.4 Å². The Balaban J connectivity index is 1.61. The normalized spacial score (nSPS) is 20.9. The van der Waals surface area contributed by atoms with Crippen LogP contribution in [-0.2, 0) is 16.6 Å². The summed E-state index contributed by atoms with van der Waals surface area (Å²) in [5.74, 6) is 0.299. The summed E-state index contributed by atoms with van der Waals surface area (Å²) < 4.78 is 30.7. The summed E-state index contributed by atoms with van der Waals surface area (Å²) >= 11 is 1.47. The van der Waals surface area contributed by atoms with Crippen LogP contribution in [0.2, 0.25) is 0 Å². The van der Waals surface area contributed by atoms with Crippen molar-refractivity contribution < 1.29 is 13.2 Å². The lowest BCUT2D eigenvalue weighted by molar-refractivity contribution is 0.0997. The van der Waals surface area contributed by atoms with Gasteiger partial charge in [0.15, 0.2) is 4.80 Å². The third-order valence-corrected chi connectivity index (χ3v) is 8.58. The molecule has 2 heterocycles. The van der Waals surface area contributed by atoms with Crippen molar-refractivity contribution in [2.24, 2.45) is 16.8 Å². The zero-order chi connectivity index (χ0) is 22.2. The van der Waals surface area contributed by atoms with Crippen molar-refractivity contribution in [2.45, 2.75) is 38.6 Å². The largest absolute Gasteiger partial charge is 0.317 e. The van der Waals surface area contributed by atoms with E-state index in [9.17, 15) is 13.2 Å². The summed E-state index contributed by atoms with van der Waals surface area (Å²) in [4.78, 5) is 18.0. The molecule has 31 heavy (non-hydrogen) atoms. The number of benzene rings is 2. The van der Waals surface area contributed by atoms with E-state index in [-0.39, 0.29) is 10.8 Å². The van der Waals surface area contributed by atoms with Gasteiger partial charge in [-0.25, -0.2) is 8.42 Å². The molecule has 3 aromatic rings. The molecule has 164 valence electrons. The fourth-order valence-corrected chi connectivity index (χ4v) is 7.06. The molecule has 1 fully saturated rings. The minimum Gasteiger partial charge on any atom is -0.317 e. The summed E-state index contributed by atoms with van der Waals surface area (Å²) in [6.07, 6.45) is 1.04. The summed E-state index contributed by atoms with van der Waals surface area (Å²) in [5.41, 5.74) is 1.42. The van der Waals surface area contributed by atoms with Crippen molar-refractivity contribution in [3.8, 4) is 0 Å². The minimum absolute atomic E-state index is 0.218. The van der Waals surface area contributed by atoms with Crippen LogP contribution in [0.5, 0.6) is 0 Å². The van der Waals surface area contributed by atoms with Gasteiger partial charge in [-0.1, -0.05) is 37.3 Å². The number of nitrogens with zero attached hydrogens (tertiary/aromatic N) is 3. The van der Waals surface area contributed by atoms with Gasteiger partial charge in [-0.15, -0.1) is 0 Å². The molecule has 1 aliphatic rings. The molecule has 1 saturated heterocycles. The summed E-state index contributed by atoms with van der Waals surface area (Å²) in [5, 5.41) is 0. The van der Waals surface area contributed by atoms with Crippen molar-refractivity contribution in [3.05, 3.63) is 58.9 Å². The first kappa shape index (κ1) is 21.9. The van der Waals surface area contributed by atoms with Crippen LogP contribution in [0, 0.1) is 11.8 Å². The number of fused-ring (bicyclic) bond motifs is 1. The standard InChI is InChI=1S/C23H27N3O3S2/c1-4-26-20-7-5-6-8-21(20)30-23(26)24-22(27)18-9-11-19(12-10-18)31(28,29)25-14-16(2)13-17(3)15-25/h5-12,16-17H,4,13-15H2,1-3H3. The highest BCUT2D eigenvalue weighted by molar-refractivity contribution is 7.89. The highest BCUT2D eigenvalue weighted by atomic mass is 32.2. The molecular formula is C23H27N3O3S2. The number of aromatic nitrogens is 1. The predicted octanol–water partition coefficient (Wildman–Crippen LogP) is 4.13. The second-order valence-corrected chi connectivity index (χ2v) is 11.3. The first-order chi connectivity index (χ1) is 14.8. The molecule has 0 N–H and O–H groups in total. The topological polar surface area (TPSA) is 71.7 Å². The van der Waals surface area contributed by atoms with E-state index < -0.39 is 10.0 Å². The zero-order valence-corrected chi connectivity index (χ0v) is 19.6. The van der Waals surface area contributed by atoms with Gasteiger partial charge in [-0.2, -0.15) is 9.30 Å². The number of aryl methyl sites for hydroxylation is 1. The van der Waals surface area contributed by atoms with E-state index in [0.29, 0.717) is 41.8 Å². The van der Waals surface area contributed by atoms with Gasteiger partial charge in [0.2, 0.25) is 10.0 Å². The maximum atomic E-state index is 13.0. The highest BCUT2D eigenvalue weighted by Gasteiger charge is 2.31. The monoisotopic (exact) mass is 457 g/mol. The lowest BCUT2D eigenvalue weighted by Crippen LogP contribution is -2.42. The van der Waals surface area contributed by atoms with E-state index in [2.05, 4.69) is 18.8 Å². The van der Waals surface area contributed by atoms with E-state index in [1.54, 1.807) is 16.4 Å². The summed E-state index contributed by atoms with van der Waals surface area (Å²) in [6, 6.07) is 14.1. The molecule has 1 aliphatic heterocycles. The fraction of sp³-hybridized carbons (Fsp3) is 0.391. The van der Waals surface area contributed by atoms with Crippen molar-refractivity contribution in [2.75, 3.05) is 13.1 Å². The number of thiazole rings is 1. The summed E-state index contributed by atoms with van der Waals surface area (Å²) in [7, 11) is -3.57. The van der Waals surface area contributed by atoms with Gasteiger partial charge >= 0.3 is 0 Å². The quantitative estimate of drug-likeness (QED) is 0.591. The first-order valence-electron chi connectivity index (χ1n) is 10.6. The van der Waals surface area contributed by atoms with Crippen molar-refractivity contribution in [1.29, 1.82) is 0 Å². The van der Waals surface area contributed by atoms with Gasteiger partial charge < -0.3 is 4.57 Å². The molecule has 6 nitrogen and oxygen atoms in total. The summed E-state index contributed by atoms with van der Waals surface area (Å²) in [6.45, 7) is 7.96. The lowest BCUT2D eigenvalue weighted by atomic mass is 9.94. The molecule has 8 heteroatoms. The molecule has 0 radical (unpaired) electrons. The second-order valence-electron chi connectivity index (χ2n) is 8.31. The minimum atomic E-state index is -3.57. The number of hydrogen-bond acceptors (Lipinski definition) is 4. The Bertz CT molecular complexity index is 1260. The van der Waals surface area contributed by atoms with Gasteiger partial charge in [-0.3, -0.25) is 4.79 Å². The van der Waals surface area contributed by atoms with Crippen LogP contribution >= 0.6 is 11.3 Å². The van der Waals surface area contributed by atoms with E-state index in [0.717, 1.165) is 16.6 Å². The second kappa shape index (κ2) is 8.68. The molecule has 2 atom stereocenters. The molecule has 1 amide bonds. The van der Waals surface area contributed by atoms with Crippen molar-refractivity contribution in [1.82, 2.24) is 8.87 Å². The number of rotatable bonds is 4. The van der Waals surface area contributed by atoms with Crippen LogP contribution in [0.1, 0.15) is 37.6 Å². The Morgan fingerprint density at radius 1 is 1.06 bits per heavy atom. The van der Waals surface area contributed by atoms with Gasteiger partial charge in [0.1, 0.15) is 0 Å². The molecule has 4 rings (SSSR count). The SMILES string of the molecule is CCn1c(=NC(=O)c2ccc(S(=O)(=O)N3CC(C)CC(C)C3)cc2)sc2ccccc21. The first-order valence-corrected chi connectivity index (χ1v) is 12.8. The Hall–Kier alpha value is -2.29. The third kappa shape index (κ3) is 4.37. The van der Waals surface area contributed by atoms with E-state index in [1.807, 2.05) is 35.8 Å². The Kier molecular flexibility index (Phi) is 6.14. The van der Waals surface area contributed by atoms with Crippen molar-refractivity contribution >= 4 is 37.5 Å². The predicted molar refractivity (Wildman–Crippen MR) is 124 cm³/mol. The van der Waals surface area contributed by atoms with Gasteiger partial charge in [-0.05, 0) is 61.6 Å². The number of piperidine rings is 1. The average Bonchev–Trinajstić information content (AvgIpc) is 3.10. The fourth-order valence-electron chi connectivity index (χ4n) is 4.28. The Morgan fingerprint density at radius 2 is 1.71 bits per heavy atom. The molecule has 1 aromatic heterocycles. The Morgan fingerprint density at radius 3 is 2.35 bits per heavy atom. The average molecular weight is 458 g/mol. The highest BCUT2D eigenvalue weighted by Crippen LogP contribution is 2.27. The lowest BCUT2D eigenvalue weighted by Gasteiger charge is -2.34. The molecule has 2 aromatic carbocycles. The van der Waals surface area contributed by atoms with E-state index in [4.69, 9.17) is 0 Å². The molecule has 0 bridgehead atoms. The number of hydrogen-bond donors (Lipinski definition) is 0. The van der Waals surface area contributed by atoms with Gasteiger partial charge in [0.25, 0.3) is 5.91 Å². The van der Waals surface area contributed by atoms with Crippen molar-refractivity contribution in [3.63, 3.8) is 0 Å². The van der Waals surface area contributed by atoms with Crippen LogP contribution in [0.3, 0.4) is 0 Å². The molecule has 0 aliphatic carbocycles. The van der Waals surface area contributed by atoms with E-state index >= 15 is 0 Å². The molecule has 0 saturated carbocycles. The maximum absolute atomic E-state index is 13.0. The Labute approximate surface area is 186 Å². The van der Waals surface area contributed by atoms with Crippen LogP contribution < -0.4 is 4.80 Å². The number of sulfonamides is 1. The van der Waals surface area contributed by atoms with Crippen LogP contribution in [0.25, 0.3) is 10.2 Å². The number of amides is 1. The van der Waals surface area contributed by atoms with Crippen LogP contribution in [0.4, 0.5) is 0 Å². The number of para-hydroxylation sites is 1. The van der Waals surface area contributed by atoms with Crippen LogP contribution in [-0.4, -0.2) is 36.3 Å². The number of carbonyl (C=O) groups is 1. The smallest absolute Gasteiger partial charge is 0.279 e. The maximum Gasteiger partial charge on any atom is 0.279 e. The number of carbonyl (C=O) groups excluding carboxylic acids is 1. The molecular weight excluding hydrogens is 430 g/mol. The molecule has 2 unspecified atom stereocenters.